The van der Waals surface area contributed by atoms with Gasteiger partial charge in [-0.1, -0.05) is 18.2 Å². The molecule has 2 atom stereocenters. The summed E-state index contributed by atoms with van der Waals surface area (Å²) >= 11 is 1.47. The van der Waals surface area contributed by atoms with Gasteiger partial charge in [0.2, 0.25) is 11.8 Å². The Morgan fingerprint density at radius 2 is 1.60 bits per heavy atom. The van der Waals surface area contributed by atoms with Crippen molar-refractivity contribution in [3.8, 4) is 34.6 Å². The van der Waals surface area contributed by atoms with Crippen LogP contribution in [-0.2, 0) is 0 Å². The molecular weight excluding hydrogens is 528 g/mol. The lowest BCUT2D eigenvalue weighted by Gasteiger charge is -2.22. The first-order chi connectivity index (χ1) is 19.4. The van der Waals surface area contributed by atoms with Gasteiger partial charge in [0, 0.05) is 23.7 Å². The Bertz CT molecular complexity index is 1360. The maximum absolute atomic E-state index is 5.69. The largest absolute Gasteiger partial charge is 0.494 e. The van der Waals surface area contributed by atoms with E-state index in [9.17, 15) is 0 Å². The van der Waals surface area contributed by atoms with Gasteiger partial charge in [0.15, 0.2) is 5.82 Å². The van der Waals surface area contributed by atoms with Crippen molar-refractivity contribution in [3.05, 3.63) is 72.8 Å². The lowest BCUT2D eigenvalue weighted by molar-refractivity contribution is 0.391. The third-order valence-corrected chi connectivity index (χ3v) is 6.59. The van der Waals surface area contributed by atoms with E-state index in [1.54, 1.807) is 33.5 Å². The predicted molar refractivity (Wildman–Crippen MR) is 159 cm³/mol. The molecule has 0 radical (unpaired) electrons. The van der Waals surface area contributed by atoms with Gasteiger partial charge >= 0.3 is 0 Å². The van der Waals surface area contributed by atoms with Crippen LogP contribution in [0, 0.1) is 6.92 Å². The van der Waals surface area contributed by atoms with E-state index in [0.717, 1.165) is 5.56 Å². The highest BCUT2D eigenvalue weighted by atomic mass is 32.2. The second-order valence-electron chi connectivity index (χ2n) is 8.48. The number of nitrogens with zero attached hydrogens (tertiary/aromatic N) is 6. The molecule has 11 nitrogen and oxygen atoms in total. The minimum absolute atomic E-state index is 0.0239. The van der Waals surface area contributed by atoms with Crippen LogP contribution >= 0.6 is 11.9 Å². The normalized spacial score (nSPS) is 12.0. The number of nitrogens with one attached hydrogen (secondary N) is 2. The minimum Gasteiger partial charge on any atom is -0.494 e. The Morgan fingerprint density at radius 1 is 0.975 bits per heavy atom. The van der Waals surface area contributed by atoms with E-state index >= 15 is 0 Å². The minimum atomic E-state index is -0.102. The number of methoxy groups -OCH3 is 3. The van der Waals surface area contributed by atoms with Crippen molar-refractivity contribution in [3.63, 3.8) is 0 Å². The Morgan fingerprint density at radius 3 is 2.17 bits per heavy atom. The van der Waals surface area contributed by atoms with E-state index in [0.29, 0.717) is 46.4 Å². The SMILES string of the molecule is C=CC.CNC(c1ncc(C)cn1)C(C)SNc1nnc(-c2cccc(OC)n2)n1-c1c(OC)cccc1OC. The van der Waals surface area contributed by atoms with E-state index in [4.69, 9.17) is 14.2 Å². The topological polar surface area (TPSA) is 121 Å². The van der Waals surface area contributed by atoms with Gasteiger partial charge in [0.1, 0.15) is 28.7 Å². The third kappa shape index (κ3) is 7.07. The Hall–Kier alpha value is -4.16. The summed E-state index contributed by atoms with van der Waals surface area (Å²) in [6.07, 6.45) is 5.38. The highest BCUT2D eigenvalue weighted by molar-refractivity contribution is 8.01. The number of rotatable bonds is 11. The molecule has 4 rings (SSSR count). The van der Waals surface area contributed by atoms with Gasteiger partial charge in [-0.15, -0.1) is 16.8 Å². The fraction of sp³-hybridized carbons (Fsp3) is 0.321. The number of benzene rings is 1. The molecule has 0 aliphatic heterocycles. The fourth-order valence-electron chi connectivity index (χ4n) is 3.78. The van der Waals surface area contributed by atoms with Crippen molar-refractivity contribution >= 4 is 17.9 Å². The van der Waals surface area contributed by atoms with Gasteiger partial charge in [-0.25, -0.2) is 15.0 Å². The Kier molecular flexibility index (Phi) is 11.3. The summed E-state index contributed by atoms with van der Waals surface area (Å²) in [7, 11) is 6.67. The average molecular weight is 565 g/mol. The Labute approximate surface area is 239 Å². The predicted octanol–water partition coefficient (Wildman–Crippen LogP) is 5.06. The smallest absolute Gasteiger partial charge is 0.239 e. The summed E-state index contributed by atoms with van der Waals surface area (Å²) in [6.45, 7) is 9.29. The first-order valence-corrected chi connectivity index (χ1v) is 13.4. The molecule has 4 aromatic rings. The number of aryl methyl sites for hydroxylation is 1. The van der Waals surface area contributed by atoms with Crippen LogP contribution in [0.25, 0.3) is 17.2 Å². The average Bonchev–Trinajstić information content (AvgIpc) is 3.40. The zero-order valence-corrected chi connectivity index (χ0v) is 24.7. The second kappa shape index (κ2) is 14.8. The van der Waals surface area contributed by atoms with Crippen LogP contribution in [0.2, 0.25) is 0 Å². The van der Waals surface area contributed by atoms with Crippen molar-refractivity contribution in [1.29, 1.82) is 0 Å². The van der Waals surface area contributed by atoms with Crippen LogP contribution in [0.15, 0.2) is 61.4 Å². The Balaban J connectivity index is 0.00000141. The van der Waals surface area contributed by atoms with E-state index in [1.165, 1.54) is 11.9 Å². The molecule has 0 spiro atoms. The number of ether oxygens (including phenoxy) is 3. The van der Waals surface area contributed by atoms with Gasteiger partial charge in [-0.05, 0) is 63.5 Å². The summed E-state index contributed by atoms with van der Waals surface area (Å²) in [5.41, 5.74) is 2.22. The highest BCUT2D eigenvalue weighted by Crippen LogP contribution is 2.38. The molecular formula is C28H36N8O3S. The molecule has 0 saturated heterocycles. The zero-order valence-electron chi connectivity index (χ0n) is 23.9. The van der Waals surface area contributed by atoms with Crippen LogP contribution in [0.5, 0.6) is 17.4 Å². The molecule has 1 aromatic carbocycles. The maximum Gasteiger partial charge on any atom is 0.239 e. The number of anilines is 1. The third-order valence-electron chi connectivity index (χ3n) is 5.65. The van der Waals surface area contributed by atoms with E-state index < -0.39 is 0 Å². The summed E-state index contributed by atoms with van der Waals surface area (Å²) in [5, 5.41) is 12.3. The lowest BCUT2D eigenvalue weighted by atomic mass is 10.2. The van der Waals surface area contributed by atoms with Crippen molar-refractivity contribution in [1.82, 2.24) is 35.0 Å². The van der Waals surface area contributed by atoms with Crippen molar-refractivity contribution in [2.24, 2.45) is 0 Å². The number of allylic oxidation sites excluding steroid dienone is 1. The molecule has 0 saturated carbocycles. The van der Waals surface area contributed by atoms with Crippen molar-refractivity contribution < 1.29 is 14.2 Å². The standard InChI is InChI=1S/C25H30N8O3S.C3H6/c1-15-13-27-23(28-14-15)21(26-3)16(2)37-32-25-31-30-24(17-9-7-12-20(29-17)36-6)33(25)22-18(34-4)10-8-11-19(22)35-5;1-3-2/h7-14,16,21,26H,1-6H3,(H,31,32);3H,1H2,2H3. The van der Waals surface area contributed by atoms with Crippen LogP contribution in [0.4, 0.5) is 5.95 Å². The number of hydrogen-bond donors (Lipinski definition) is 2. The van der Waals surface area contributed by atoms with Gasteiger partial charge in [0.05, 0.1) is 27.4 Å². The molecule has 0 bridgehead atoms. The summed E-state index contributed by atoms with van der Waals surface area (Å²) in [4.78, 5) is 13.6. The first kappa shape index (κ1) is 30.4. The van der Waals surface area contributed by atoms with Crippen molar-refractivity contribution in [2.75, 3.05) is 33.1 Å². The molecule has 40 heavy (non-hydrogen) atoms. The molecule has 0 aliphatic carbocycles. The molecule has 2 unspecified atom stereocenters. The van der Waals surface area contributed by atoms with Gasteiger partial charge in [-0.2, -0.15) is 0 Å². The van der Waals surface area contributed by atoms with Crippen molar-refractivity contribution in [2.45, 2.75) is 32.1 Å². The molecule has 0 fully saturated rings. The molecule has 12 heteroatoms. The first-order valence-electron chi connectivity index (χ1n) is 12.5. The quantitative estimate of drug-likeness (QED) is 0.188. The molecule has 3 heterocycles. The number of aromatic nitrogens is 6. The monoisotopic (exact) mass is 564 g/mol. The van der Waals surface area contributed by atoms with E-state index in [2.05, 4.69) is 48.7 Å². The highest BCUT2D eigenvalue weighted by Gasteiger charge is 2.26. The maximum atomic E-state index is 5.69. The number of para-hydroxylation sites is 1. The van der Waals surface area contributed by atoms with E-state index in [-0.39, 0.29) is 11.3 Å². The summed E-state index contributed by atoms with van der Waals surface area (Å²) < 4.78 is 21.9. The summed E-state index contributed by atoms with van der Waals surface area (Å²) in [6, 6.07) is 10.9. The molecule has 3 aromatic heterocycles. The second-order valence-corrected chi connectivity index (χ2v) is 9.66. The molecule has 0 amide bonds. The summed E-state index contributed by atoms with van der Waals surface area (Å²) in [5.74, 6) is 3.31. The van der Waals surface area contributed by atoms with Crippen LogP contribution in [0.3, 0.4) is 0 Å². The number of pyridine rings is 1. The number of hydrogen-bond acceptors (Lipinski definition) is 11. The van der Waals surface area contributed by atoms with E-state index in [1.807, 2.05) is 68.2 Å². The van der Waals surface area contributed by atoms with Gasteiger partial charge < -0.3 is 19.5 Å². The van der Waals surface area contributed by atoms with Crippen LogP contribution in [-0.4, -0.2) is 63.3 Å². The lowest BCUT2D eigenvalue weighted by Crippen LogP contribution is -2.28. The van der Waals surface area contributed by atoms with Gasteiger partial charge in [0.25, 0.3) is 0 Å². The van der Waals surface area contributed by atoms with Crippen LogP contribution in [0.1, 0.15) is 31.3 Å². The fourth-order valence-corrected chi connectivity index (χ4v) is 4.60. The van der Waals surface area contributed by atoms with Crippen LogP contribution < -0.4 is 24.2 Å². The molecule has 0 aliphatic rings. The molecule has 2 N–H and O–H groups in total. The zero-order chi connectivity index (χ0) is 29.1. The van der Waals surface area contributed by atoms with Gasteiger partial charge in [-0.3, -0.25) is 9.29 Å². The molecule has 212 valence electrons.